The van der Waals surface area contributed by atoms with E-state index in [1.54, 1.807) is 0 Å². The van der Waals surface area contributed by atoms with Crippen molar-refractivity contribution in [2.75, 3.05) is 20.6 Å². The molecule has 0 bridgehead atoms. The number of carboxylic acid groups (broad SMARTS) is 1. The van der Waals surface area contributed by atoms with Gasteiger partial charge in [-0.2, -0.15) is 0 Å². The molecule has 0 aliphatic heterocycles. The number of carbonyl (C=O) groups is 1. The summed E-state index contributed by atoms with van der Waals surface area (Å²) in [6.07, 6.45) is 6.86. The van der Waals surface area contributed by atoms with Gasteiger partial charge < -0.3 is 14.7 Å². The van der Waals surface area contributed by atoms with Gasteiger partial charge in [-0.15, -0.1) is 0 Å². The van der Waals surface area contributed by atoms with E-state index in [4.69, 9.17) is 5.11 Å². The molecule has 0 aromatic carbocycles. The van der Waals surface area contributed by atoms with Crippen molar-refractivity contribution in [1.82, 2.24) is 0 Å². The molecule has 4 nitrogen and oxygen atoms in total. The largest absolute Gasteiger partial charge is 0.477 e. The Balaban J connectivity index is 4.24. The van der Waals surface area contributed by atoms with Crippen molar-refractivity contribution < 1.29 is 19.5 Å². The molecule has 0 aromatic heterocycles. The topological polar surface area (TPSA) is 57.5 Å². The minimum absolute atomic E-state index is 0.330. The zero-order chi connectivity index (χ0) is 14.2. The molecule has 0 aliphatic carbocycles. The first-order valence-corrected chi connectivity index (χ1v) is 6.69. The predicted molar refractivity (Wildman–Crippen MR) is 73.4 cm³/mol. The van der Waals surface area contributed by atoms with Crippen molar-refractivity contribution in [3.63, 3.8) is 0 Å². The Hall–Kier alpha value is -0.870. The predicted octanol–water partition coefficient (Wildman–Crippen LogP) is 2.03. The van der Waals surface area contributed by atoms with Crippen molar-refractivity contribution in [3.8, 4) is 0 Å². The molecule has 0 aliphatic rings. The Kier molecular flexibility index (Phi) is 7.87. The molecule has 2 N–H and O–H groups in total. The minimum Gasteiger partial charge on any atom is -0.477 e. The van der Waals surface area contributed by atoms with Crippen LogP contribution < -0.4 is 0 Å². The lowest BCUT2D eigenvalue weighted by molar-refractivity contribution is -0.909. The molecule has 4 heteroatoms. The SMILES string of the molecule is C/C=C/CCCC(O)C[N+](C)(C)C(CC)C(=O)O. The molecule has 0 saturated carbocycles. The minimum atomic E-state index is -0.788. The zero-order valence-electron chi connectivity index (χ0n) is 12.1. The Morgan fingerprint density at radius 3 is 2.44 bits per heavy atom. The highest BCUT2D eigenvalue weighted by Gasteiger charge is 2.34. The number of carboxylic acids is 1. The Morgan fingerprint density at radius 2 is 2.00 bits per heavy atom. The molecule has 106 valence electrons. The number of aliphatic carboxylic acids is 1. The van der Waals surface area contributed by atoms with Crippen LogP contribution in [0.1, 0.15) is 39.5 Å². The lowest BCUT2D eigenvalue weighted by Crippen LogP contribution is -2.55. The lowest BCUT2D eigenvalue weighted by atomic mass is 10.1. The summed E-state index contributed by atoms with van der Waals surface area (Å²) in [6.45, 7) is 4.34. The average molecular weight is 258 g/mol. The van der Waals surface area contributed by atoms with Crippen molar-refractivity contribution in [3.05, 3.63) is 12.2 Å². The molecule has 0 saturated heterocycles. The van der Waals surface area contributed by atoms with Crippen LogP contribution in [0, 0.1) is 0 Å². The molecule has 0 radical (unpaired) electrons. The van der Waals surface area contributed by atoms with Crippen LogP contribution in [0.5, 0.6) is 0 Å². The van der Waals surface area contributed by atoms with E-state index in [1.165, 1.54) is 0 Å². The van der Waals surface area contributed by atoms with Crippen molar-refractivity contribution >= 4 is 5.97 Å². The number of quaternary nitrogens is 1. The normalized spacial score (nSPS) is 15.8. The third-order valence-electron chi connectivity index (χ3n) is 3.34. The first-order valence-electron chi connectivity index (χ1n) is 6.69. The fraction of sp³-hybridized carbons (Fsp3) is 0.786. The monoisotopic (exact) mass is 258 g/mol. The molecule has 0 aromatic rings. The highest BCUT2D eigenvalue weighted by atomic mass is 16.4. The van der Waals surface area contributed by atoms with Crippen LogP contribution in [0.15, 0.2) is 12.2 Å². The fourth-order valence-electron chi connectivity index (χ4n) is 2.37. The number of aliphatic hydroxyl groups is 1. The summed E-state index contributed by atoms with van der Waals surface area (Å²) >= 11 is 0. The highest BCUT2D eigenvalue weighted by Crippen LogP contribution is 2.14. The Labute approximate surface area is 111 Å². The summed E-state index contributed by atoms with van der Waals surface area (Å²) in [7, 11) is 3.74. The average Bonchev–Trinajstić information content (AvgIpc) is 2.23. The third kappa shape index (κ3) is 6.17. The molecular formula is C14H28NO3+. The quantitative estimate of drug-likeness (QED) is 0.378. The third-order valence-corrected chi connectivity index (χ3v) is 3.34. The van der Waals surface area contributed by atoms with Gasteiger partial charge in [0.1, 0.15) is 12.6 Å². The molecule has 18 heavy (non-hydrogen) atoms. The van der Waals surface area contributed by atoms with E-state index < -0.39 is 18.1 Å². The van der Waals surface area contributed by atoms with E-state index in [-0.39, 0.29) is 0 Å². The number of allylic oxidation sites excluding steroid dienone is 2. The van der Waals surface area contributed by atoms with Crippen molar-refractivity contribution in [1.29, 1.82) is 0 Å². The van der Waals surface area contributed by atoms with E-state index in [1.807, 2.05) is 34.0 Å². The maximum atomic E-state index is 11.2. The summed E-state index contributed by atoms with van der Waals surface area (Å²) in [6, 6.07) is -0.449. The van der Waals surface area contributed by atoms with Crippen LogP contribution in [0.2, 0.25) is 0 Å². The number of nitrogens with zero attached hydrogens (tertiary/aromatic N) is 1. The van der Waals surface area contributed by atoms with E-state index in [9.17, 15) is 9.90 Å². The van der Waals surface area contributed by atoms with Gasteiger partial charge in [0.05, 0.1) is 14.1 Å². The standard InChI is InChI=1S/C14H27NO3/c1-5-7-8-9-10-12(16)11-15(3,4)13(6-2)14(17)18/h5,7,12-13,16H,6,8-11H2,1-4H3/p+1/b7-5+. The smallest absolute Gasteiger partial charge is 0.362 e. The zero-order valence-corrected chi connectivity index (χ0v) is 12.1. The van der Waals surface area contributed by atoms with Gasteiger partial charge in [0, 0.05) is 6.42 Å². The van der Waals surface area contributed by atoms with Gasteiger partial charge in [-0.3, -0.25) is 0 Å². The number of likely N-dealkylation sites (N-methyl/N-ethyl adjacent to an activating group) is 1. The molecule has 2 unspecified atom stereocenters. The van der Waals surface area contributed by atoms with Gasteiger partial charge in [-0.1, -0.05) is 19.1 Å². The van der Waals surface area contributed by atoms with Gasteiger partial charge >= 0.3 is 5.97 Å². The van der Waals surface area contributed by atoms with Crippen LogP contribution in [-0.2, 0) is 4.79 Å². The van der Waals surface area contributed by atoms with Crippen LogP contribution in [-0.4, -0.2) is 53.5 Å². The summed E-state index contributed by atoms with van der Waals surface area (Å²) in [5, 5.41) is 19.1. The van der Waals surface area contributed by atoms with Crippen molar-refractivity contribution in [2.45, 2.75) is 51.7 Å². The summed E-state index contributed by atoms with van der Waals surface area (Å²) < 4.78 is 0.330. The molecule has 0 amide bonds. The number of rotatable bonds is 9. The molecular weight excluding hydrogens is 230 g/mol. The summed E-state index contributed by atoms with van der Waals surface area (Å²) in [5.74, 6) is -0.788. The van der Waals surface area contributed by atoms with Crippen LogP contribution in [0.4, 0.5) is 0 Å². The van der Waals surface area contributed by atoms with Gasteiger partial charge in [0.2, 0.25) is 0 Å². The van der Waals surface area contributed by atoms with E-state index in [0.717, 1.165) is 19.3 Å². The second kappa shape index (κ2) is 8.27. The Bertz CT molecular complexity index is 274. The van der Waals surface area contributed by atoms with E-state index in [0.29, 0.717) is 17.4 Å². The number of unbranched alkanes of at least 4 members (excludes halogenated alkanes) is 1. The van der Waals surface area contributed by atoms with Gasteiger partial charge in [-0.25, -0.2) is 4.79 Å². The Morgan fingerprint density at radius 1 is 1.39 bits per heavy atom. The maximum Gasteiger partial charge on any atom is 0.362 e. The van der Waals surface area contributed by atoms with Crippen LogP contribution in [0.25, 0.3) is 0 Å². The second-order valence-corrected chi connectivity index (χ2v) is 5.38. The molecule has 2 atom stereocenters. The van der Waals surface area contributed by atoms with Gasteiger partial charge in [0.15, 0.2) is 6.04 Å². The summed E-state index contributed by atoms with van der Waals surface area (Å²) in [4.78, 5) is 11.2. The first-order chi connectivity index (χ1) is 8.35. The second-order valence-electron chi connectivity index (χ2n) is 5.38. The van der Waals surface area contributed by atoms with Gasteiger partial charge in [0.25, 0.3) is 0 Å². The van der Waals surface area contributed by atoms with Gasteiger partial charge in [-0.05, 0) is 26.2 Å². The highest BCUT2D eigenvalue weighted by molar-refractivity contribution is 5.72. The number of aliphatic hydroxyl groups excluding tert-OH is 1. The van der Waals surface area contributed by atoms with Crippen LogP contribution in [0.3, 0.4) is 0 Å². The first kappa shape index (κ1) is 17.1. The number of hydrogen-bond acceptors (Lipinski definition) is 2. The molecule has 0 spiro atoms. The molecule has 0 rings (SSSR count). The van der Waals surface area contributed by atoms with E-state index >= 15 is 0 Å². The molecule has 0 fully saturated rings. The van der Waals surface area contributed by atoms with E-state index in [2.05, 4.69) is 6.08 Å². The fourth-order valence-corrected chi connectivity index (χ4v) is 2.37. The van der Waals surface area contributed by atoms with Crippen LogP contribution >= 0.6 is 0 Å². The molecule has 0 heterocycles. The summed E-state index contributed by atoms with van der Waals surface area (Å²) in [5.41, 5.74) is 0. The van der Waals surface area contributed by atoms with Crippen molar-refractivity contribution in [2.24, 2.45) is 0 Å². The maximum absolute atomic E-state index is 11.2. The lowest BCUT2D eigenvalue weighted by Gasteiger charge is -2.36. The number of hydrogen-bond donors (Lipinski definition) is 2.